The van der Waals surface area contributed by atoms with Gasteiger partial charge in [-0.15, -0.1) is 6.42 Å². The number of hydrogen-bond donors (Lipinski definition) is 0. The number of rotatable bonds is 1. The number of benzene rings is 2. The van der Waals surface area contributed by atoms with Crippen LogP contribution in [-0.4, -0.2) is 25.5 Å². The normalized spacial score (nSPS) is 26.7. The first-order valence-electron chi connectivity index (χ1n) is 8.33. The maximum absolute atomic E-state index is 14.1. The number of cyclic esters (lactones) is 1. The molecule has 0 saturated carbocycles. The van der Waals surface area contributed by atoms with Crippen LogP contribution >= 0.6 is 0 Å². The Morgan fingerprint density at radius 2 is 1.78 bits per heavy atom. The molecule has 2 aliphatic rings. The van der Waals surface area contributed by atoms with Crippen LogP contribution in [0.5, 0.6) is 0 Å². The number of halogens is 2. The monoisotopic (exact) mass is 367 g/mol. The van der Waals surface area contributed by atoms with E-state index in [9.17, 15) is 18.4 Å². The Balaban J connectivity index is 2.07. The van der Waals surface area contributed by atoms with Gasteiger partial charge >= 0.3 is 5.97 Å². The van der Waals surface area contributed by atoms with Gasteiger partial charge in [-0.25, -0.2) is 8.78 Å². The van der Waals surface area contributed by atoms with Crippen LogP contribution in [0.3, 0.4) is 0 Å². The molecule has 0 aromatic heterocycles. The molecule has 1 saturated heterocycles. The molecule has 4 rings (SSSR count). The summed E-state index contributed by atoms with van der Waals surface area (Å²) in [5.74, 6) is 0.633. The van der Waals surface area contributed by atoms with Crippen LogP contribution in [0.1, 0.15) is 17.5 Å². The van der Waals surface area contributed by atoms with Gasteiger partial charge in [0.1, 0.15) is 29.1 Å². The Hall–Kier alpha value is -3.20. The lowest BCUT2D eigenvalue weighted by atomic mass is 9.55. The van der Waals surface area contributed by atoms with Crippen molar-refractivity contribution in [2.24, 2.45) is 0 Å². The second-order valence-electron chi connectivity index (χ2n) is 6.82. The molecule has 0 bridgehead atoms. The smallest absolute Gasteiger partial charge is 0.307 e. The molecule has 1 amide bonds. The van der Waals surface area contributed by atoms with Gasteiger partial charge in [-0.3, -0.25) is 9.59 Å². The second kappa shape index (κ2) is 5.65. The number of amides is 1. The van der Waals surface area contributed by atoms with E-state index in [0.29, 0.717) is 16.8 Å². The number of nitrogens with zero attached hydrogens (tertiary/aromatic N) is 1. The SMILES string of the molecule is C#C[C@]1(c2ccc(F)cc2)COC(=O)C[C@@]12C(=O)N(C)c1ccc(F)cc12. The van der Waals surface area contributed by atoms with Crippen molar-refractivity contribution < 1.29 is 23.1 Å². The van der Waals surface area contributed by atoms with Crippen molar-refractivity contribution in [3.8, 4) is 12.3 Å². The van der Waals surface area contributed by atoms with Crippen LogP contribution in [0, 0.1) is 24.0 Å². The first-order valence-corrected chi connectivity index (χ1v) is 8.33. The number of anilines is 1. The lowest BCUT2D eigenvalue weighted by Crippen LogP contribution is -2.60. The van der Waals surface area contributed by atoms with Gasteiger partial charge in [0.25, 0.3) is 0 Å². The molecule has 0 unspecified atom stereocenters. The highest BCUT2D eigenvalue weighted by Gasteiger charge is 2.66. The van der Waals surface area contributed by atoms with Gasteiger partial charge in [0.2, 0.25) is 5.91 Å². The minimum Gasteiger partial charge on any atom is -0.464 e. The zero-order valence-corrected chi connectivity index (χ0v) is 14.5. The van der Waals surface area contributed by atoms with Crippen molar-refractivity contribution >= 4 is 17.6 Å². The molecule has 2 aromatic carbocycles. The Bertz CT molecular complexity index is 1010. The highest BCUT2D eigenvalue weighted by Crippen LogP contribution is 2.56. The number of ether oxygens (including phenoxy) is 1. The summed E-state index contributed by atoms with van der Waals surface area (Å²) < 4.78 is 32.8. The lowest BCUT2D eigenvalue weighted by Gasteiger charge is -2.46. The van der Waals surface area contributed by atoms with E-state index >= 15 is 0 Å². The predicted octanol–water partition coefficient (Wildman–Crippen LogP) is 2.70. The van der Waals surface area contributed by atoms with Gasteiger partial charge in [-0.1, -0.05) is 18.1 Å². The van der Waals surface area contributed by atoms with Crippen LogP contribution in [0.2, 0.25) is 0 Å². The lowest BCUT2D eigenvalue weighted by molar-refractivity contribution is -0.158. The van der Waals surface area contributed by atoms with E-state index in [1.165, 1.54) is 47.4 Å². The number of terminal acetylenes is 1. The molecule has 2 heterocycles. The van der Waals surface area contributed by atoms with Gasteiger partial charge in [-0.2, -0.15) is 0 Å². The summed E-state index contributed by atoms with van der Waals surface area (Å²) in [7, 11) is 1.56. The van der Waals surface area contributed by atoms with Crippen molar-refractivity contribution in [2.45, 2.75) is 17.3 Å². The molecule has 0 radical (unpaired) electrons. The van der Waals surface area contributed by atoms with E-state index in [2.05, 4.69) is 5.92 Å². The van der Waals surface area contributed by atoms with E-state index in [-0.39, 0.29) is 13.0 Å². The van der Waals surface area contributed by atoms with E-state index < -0.39 is 34.3 Å². The van der Waals surface area contributed by atoms with E-state index in [0.717, 1.165) is 0 Å². The van der Waals surface area contributed by atoms with E-state index in [1.54, 1.807) is 7.05 Å². The molecule has 6 heteroatoms. The second-order valence-corrected chi connectivity index (χ2v) is 6.82. The van der Waals surface area contributed by atoms with Crippen LogP contribution < -0.4 is 4.90 Å². The van der Waals surface area contributed by atoms with E-state index in [1.807, 2.05) is 0 Å². The van der Waals surface area contributed by atoms with Crippen LogP contribution in [0.4, 0.5) is 14.5 Å². The zero-order chi connectivity index (χ0) is 19.4. The quantitative estimate of drug-likeness (QED) is 0.575. The van der Waals surface area contributed by atoms with Crippen molar-refractivity contribution in [2.75, 3.05) is 18.6 Å². The minimum atomic E-state index is -1.53. The average Bonchev–Trinajstić information content (AvgIpc) is 2.86. The fraction of sp³-hybridized carbons (Fsp3) is 0.238. The summed E-state index contributed by atoms with van der Waals surface area (Å²) in [5.41, 5.74) is -1.63. The molecule has 4 nitrogen and oxygen atoms in total. The molecule has 1 spiro atoms. The number of esters is 1. The molecule has 0 aliphatic carbocycles. The van der Waals surface area contributed by atoms with Gasteiger partial charge in [0.15, 0.2) is 0 Å². The maximum Gasteiger partial charge on any atom is 0.307 e. The molecule has 1 fully saturated rings. The molecule has 2 atom stereocenters. The fourth-order valence-corrected chi connectivity index (χ4v) is 4.28. The Kier molecular flexibility index (Phi) is 3.60. The highest BCUT2D eigenvalue weighted by atomic mass is 19.1. The zero-order valence-electron chi connectivity index (χ0n) is 14.5. The van der Waals surface area contributed by atoms with Crippen LogP contribution in [-0.2, 0) is 25.2 Å². The Labute approximate surface area is 154 Å². The van der Waals surface area contributed by atoms with Gasteiger partial charge in [0.05, 0.1) is 6.42 Å². The summed E-state index contributed by atoms with van der Waals surface area (Å²) in [4.78, 5) is 27.1. The fourth-order valence-electron chi connectivity index (χ4n) is 4.28. The molecule has 136 valence electrons. The van der Waals surface area contributed by atoms with Crippen molar-refractivity contribution in [3.05, 3.63) is 65.2 Å². The molecular weight excluding hydrogens is 352 g/mol. The van der Waals surface area contributed by atoms with Crippen LogP contribution in [0.25, 0.3) is 0 Å². The van der Waals surface area contributed by atoms with Gasteiger partial charge in [0, 0.05) is 12.7 Å². The summed E-state index contributed by atoms with van der Waals surface area (Å²) in [5, 5.41) is 0. The van der Waals surface area contributed by atoms with Crippen molar-refractivity contribution in [1.82, 2.24) is 0 Å². The molecule has 2 aliphatic heterocycles. The van der Waals surface area contributed by atoms with Gasteiger partial charge < -0.3 is 9.64 Å². The first kappa shape index (κ1) is 17.2. The number of carbonyl (C=O) groups excluding carboxylic acids is 2. The maximum atomic E-state index is 14.1. The number of fused-ring (bicyclic) bond motifs is 2. The number of likely N-dealkylation sites (N-methyl/N-ethyl adjacent to an activating group) is 1. The number of carbonyl (C=O) groups is 2. The summed E-state index contributed by atoms with van der Waals surface area (Å²) in [6.45, 7) is -0.260. The van der Waals surface area contributed by atoms with E-state index in [4.69, 9.17) is 11.2 Å². The van der Waals surface area contributed by atoms with Crippen LogP contribution in [0.15, 0.2) is 42.5 Å². The molecule has 0 N–H and O–H groups in total. The molecular formula is C21H15F2NO3. The predicted molar refractivity (Wildman–Crippen MR) is 94.0 cm³/mol. The average molecular weight is 367 g/mol. The van der Waals surface area contributed by atoms with Crippen molar-refractivity contribution in [3.63, 3.8) is 0 Å². The third kappa shape index (κ3) is 2.08. The first-order chi connectivity index (χ1) is 12.9. The minimum absolute atomic E-state index is 0.260. The summed E-state index contributed by atoms with van der Waals surface area (Å²) >= 11 is 0. The summed E-state index contributed by atoms with van der Waals surface area (Å²) in [6, 6.07) is 9.38. The Morgan fingerprint density at radius 1 is 1.11 bits per heavy atom. The topological polar surface area (TPSA) is 46.6 Å². The highest BCUT2D eigenvalue weighted by molar-refractivity contribution is 6.11. The largest absolute Gasteiger partial charge is 0.464 e. The van der Waals surface area contributed by atoms with Gasteiger partial charge in [-0.05, 0) is 41.5 Å². The van der Waals surface area contributed by atoms with Crippen molar-refractivity contribution in [1.29, 1.82) is 0 Å². The third-order valence-corrected chi connectivity index (χ3v) is 5.62. The third-order valence-electron chi connectivity index (χ3n) is 5.62. The molecule has 2 aromatic rings. The molecule has 27 heavy (non-hydrogen) atoms. The summed E-state index contributed by atoms with van der Waals surface area (Å²) in [6.07, 6.45) is 5.59. The number of hydrogen-bond acceptors (Lipinski definition) is 3. The Morgan fingerprint density at radius 3 is 2.44 bits per heavy atom. The standard InChI is InChI=1S/C21H15F2NO3/c1-3-20(13-4-6-14(22)7-5-13)12-27-18(25)11-21(20)16-10-15(23)8-9-17(16)24(2)19(21)26/h1,4-10H,11-12H2,2H3/t20-,21-/m1/s1.